The molecule has 0 fully saturated rings. The smallest absolute Gasteiger partial charge is 0.284 e. The molecule has 1 N–H and O–H groups in total. The van der Waals surface area contributed by atoms with Gasteiger partial charge in [-0.15, -0.1) is 0 Å². The average molecular weight is 182 g/mol. The maximum Gasteiger partial charge on any atom is 0.301 e. The highest BCUT2D eigenvalue weighted by atomic mass is 32.2. The van der Waals surface area contributed by atoms with Crippen LogP contribution >= 0.6 is 0 Å². The Bertz CT molecular complexity index is 107. The molecular weight excluding hydrogens is 168 g/mol. The molecule has 0 aromatic rings. The zero-order chi connectivity index (χ0) is 7.98. The molecule has 62 valence electrons. The minimum atomic E-state index is -2.06. The van der Waals surface area contributed by atoms with E-state index in [1.165, 1.54) is 6.04 Å². The predicted octanol–water partition coefficient (Wildman–Crippen LogP) is 1.02. The monoisotopic (exact) mass is 182 g/mol. The summed E-state index contributed by atoms with van der Waals surface area (Å²) in [5.74, 6) is 0. The highest BCUT2D eigenvalue weighted by molar-refractivity contribution is 7.74. The lowest BCUT2D eigenvalue weighted by molar-refractivity contribution is 0.306. The topological polar surface area (TPSA) is 46.5 Å². The van der Waals surface area contributed by atoms with Gasteiger partial charge < -0.3 is 0 Å². The van der Waals surface area contributed by atoms with Crippen molar-refractivity contribution >= 4 is 20.2 Å². The van der Waals surface area contributed by atoms with Crippen molar-refractivity contribution in [1.29, 1.82) is 0 Å². The molecule has 0 bridgehead atoms. The van der Waals surface area contributed by atoms with Crippen LogP contribution in [0, 0.1) is 0 Å². The third kappa shape index (κ3) is 8.29. The van der Waals surface area contributed by atoms with Crippen LogP contribution in [0.25, 0.3) is 0 Å². The van der Waals surface area contributed by atoms with E-state index in [2.05, 4.69) is 17.3 Å². The van der Waals surface area contributed by atoms with Gasteiger partial charge in [0.05, 0.1) is 6.61 Å². The SMILES string of the molecule is C[SiH](C)CCCOS(=O)O. The van der Waals surface area contributed by atoms with Gasteiger partial charge in [0.2, 0.25) is 0 Å². The molecule has 3 nitrogen and oxygen atoms in total. The minimum absolute atomic E-state index is 0.411. The summed E-state index contributed by atoms with van der Waals surface area (Å²) in [6.07, 6.45) is 0.913. The molecule has 0 radical (unpaired) electrons. The lowest BCUT2D eigenvalue weighted by Gasteiger charge is -2.00. The Balaban J connectivity index is 2.98. The quantitative estimate of drug-likeness (QED) is 0.392. The third-order valence-corrected chi connectivity index (χ3v) is 3.04. The van der Waals surface area contributed by atoms with E-state index in [0.717, 1.165) is 6.42 Å². The van der Waals surface area contributed by atoms with E-state index in [9.17, 15) is 4.21 Å². The molecule has 1 unspecified atom stereocenters. The fourth-order valence-electron chi connectivity index (χ4n) is 0.622. The van der Waals surface area contributed by atoms with E-state index in [-0.39, 0.29) is 0 Å². The van der Waals surface area contributed by atoms with Gasteiger partial charge in [-0.2, -0.15) is 4.21 Å². The van der Waals surface area contributed by atoms with Crippen LogP contribution in [0.1, 0.15) is 6.42 Å². The Hall–Kier alpha value is 0.287. The number of hydrogen-bond donors (Lipinski definition) is 1. The largest absolute Gasteiger partial charge is 0.301 e. The van der Waals surface area contributed by atoms with E-state index in [1.54, 1.807) is 0 Å². The molecule has 0 heterocycles. The first kappa shape index (κ1) is 10.3. The van der Waals surface area contributed by atoms with Gasteiger partial charge in [-0.3, -0.25) is 8.74 Å². The molecule has 1 atom stereocenters. The van der Waals surface area contributed by atoms with E-state index in [4.69, 9.17) is 4.55 Å². The first-order valence-electron chi connectivity index (χ1n) is 3.37. The number of hydrogen-bond acceptors (Lipinski definition) is 2. The van der Waals surface area contributed by atoms with Crippen LogP contribution in [0.15, 0.2) is 0 Å². The minimum Gasteiger partial charge on any atom is -0.284 e. The van der Waals surface area contributed by atoms with Crippen molar-refractivity contribution in [3.63, 3.8) is 0 Å². The van der Waals surface area contributed by atoms with Gasteiger partial charge in [-0.1, -0.05) is 19.1 Å². The van der Waals surface area contributed by atoms with Crippen LogP contribution in [-0.4, -0.2) is 24.2 Å². The van der Waals surface area contributed by atoms with Crippen LogP contribution in [-0.2, 0) is 15.5 Å². The van der Waals surface area contributed by atoms with Crippen molar-refractivity contribution < 1.29 is 12.9 Å². The second-order valence-corrected chi connectivity index (χ2v) is 6.61. The Morgan fingerprint density at radius 1 is 1.60 bits per heavy atom. The second kappa shape index (κ2) is 6.03. The van der Waals surface area contributed by atoms with Gasteiger partial charge in [-0.05, 0) is 6.42 Å². The third-order valence-electron chi connectivity index (χ3n) is 1.11. The average Bonchev–Trinajstić information content (AvgIpc) is 1.79. The highest BCUT2D eigenvalue weighted by Gasteiger charge is 1.96. The fourth-order valence-corrected chi connectivity index (χ4v) is 1.87. The van der Waals surface area contributed by atoms with Gasteiger partial charge in [0.1, 0.15) is 0 Å². The Kier molecular flexibility index (Phi) is 6.20. The molecule has 0 spiro atoms. The van der Waals surface area contributed by atoms with Crippen molar-refractivity contribution in [3.8, 4) is 0 Å². The summed E-state index contributed by atoms with van der Waals surface area (Å²) in [5.41, 5.74) is 0. The second-order valence-electron chi connectivity index (χ2n) is 2.58. The maximum absolute atomic E-state index is 9.94. The molecule has 0 saturated heterocycles. The predicted molar refractivity (Wildman–Crippen MR) is 45.0 cm³/mol. The number of rotatable bonds is 5. The van der Waals surface area contributed by atoms with Crippen molar-refractivity contribution in [3.05, 3.63) is 0 Å². The van der Waals surface area contributed by atoms with Gasteiger partial charge in [0.25, 0.3) is 0 Å². The Morgan fingerprint density at radius 3 is 2.60 bits per heavy atom. The van der Waals surface area contributed by atoms with Gasteiger partial charge in [0.15, 0.2) is 0 Å². The normalized spacial score (nSPS) is 14.0. The summed E-state index contributed by atoms with van der Waals surface area (Å²) < 4.78 is 22.6. The molecule has 0 saturated carbocycles. The van der Waals surface area contributed by atoms with Gasteiger partial charge in [0, 0.05) is 8.80 Å². The molecule has 0 aliphatic carbocycles. The van der Waals surface area contributed by atoms with Crippen LogP contribution in [0.2, 0.25) is 19.1 Å². The highest BCUT2D eigenvalue weighted by Crippen LogP contribution is 1.97. The summed E-state index contributed by atoms with van der Waals surface area (Å²) in [5, 5.41) is 0. The molecule has 0 aliphatic rings. The molecule has 0 aromatic carbocycles. The van der Waals surface area contributed by atoms with Crippen molar-refractivity contribution in [2.24, 2.45) is 0 Å². The van der Waals surface area contributed by atoms with E-state index in [0.29, 0.717) is 6.61 Å². The molecule has 0 aliphatic heterocycles. The van der Waals surface area contributed by atoms with Crippen LogP contribution in [0.4, 0.5) is 0 Å². The first-order chi connectivity index (χ1) is 4.63. The van der Waals surface area contributed by atoms with Crippen LogP contribution in [0.5, 0.6) is 0 Å². The van der Waals surface area contributed by atoms with Gasteiger partial charge in [-0.25, -0.2) is 0 Å². The Labute approximate surface area is 65.9 Å². The molecule has 5 heteroatoms. The zero-order valence-corrected chi connectivity index (χ0v) is 8.34. The maximum atomic E-state index is 9.94. The summed E-state index contributed by atoms with van der Waals surface area (Å²) in [7, 11) is -0.494. The van der Waals surface area contributed by atoms with E-state index in [1.807, 2.05) is 0 Å². The zero-order valence-electron chi connectivity index (χ0n) is 6.37. The molecule has 0 rings (SSSR count). The van der Waals surface area contributed by atoms with Crippen molar-refractivity contribution in [1.82, 2.24) is 0 Å². The lowest BCUT2D eigenvalue weighted by Crippen LogP contribution is -2.03. The molecule has 10 heavy (non-hydrogen) atoms. The summed E-state index contributed by atoms with van der Waals surface area (Å²) in [6, 6.07) is 1.18. The molecular formula is C5H14O3SSi. The first-order valence-corrected chi connectivity index (χ1v) is 7.53. The van der Waals surface area contributed by atoms with E-state index >= 15 is 0 Å². The van der Waals surface area contributed by atoms with Crippen LogP contribution < -0.4 is 0 Å². The molecule has 0 amide bonds. The van der Waals surface area contributed by atoms with E-state index < -0.39 is 20.2 Å². The summed E-state index contributed by atoms with van der Waals surface area (Å²) in [4.78, 5) is 0. The standard InChI is InChI=1S/C5H14O3SSi/c1-10(2)5-3-4-8-9(6)7/h10H,3-5H2,1-2H3,(H,6,7). The van der Waals surface area contributed by atoms with Crippen molar-refractivity contribution in [2.75, 3.05) is 6.61 Å². The Morgan fingerprint density at radius 2 is 2.20 bits per heavy atom. The van der Waals surface area contributed by atoms with Crippen molar-refractivity contribution in [2.45, 2.75) is 25.6 Å². The molecule has 0 aromatic heterocycles. The lowest BCUT2D eigenvalue weighted by atomic mass is 10.5. The summed E-state index contributed by atoms with van der Waals surface area (Å²) in [6.45, 7) is 4.90. The van der Waals surface area contributed by atoms with Crippen LogP contribution in [0.3, 0.4) is 0 Å². The summed E-state index contributed by atoms with van der Waals surface area (Å²) >= 11 is -2.06. The van der Waals surface area contributed by atoms with Gasteiger partial charge >= 0.3 is 11.4 Å². The fraction of sp³-hybridized carbons (Fsp3) is 1.00.